The van der Waals surface area contributed by atoms with E-state index in [1.54, 1.807) is 14.0 Å². The van der Waals surface area contributed by atoms with Crippen molar-refractivity contribution in [1.29, 1.82) is 0 Å². The van der Waals surface area contributed by atoms with Crippen LogP contribution in [0.15, 0.2) is 0 Å². The monoisotopic (exact) mass is 345 g/mol. The first-order valence-electron chi connectivity index (χ1n) is 8.08. The summed E-state index contributed by atoms with van der Waals surface area (Å²) in [6.45, 7) is 6.42. The van der Waals surface area contributed by atoms with Crippen molar-refractivity contribution >= 4 is 24.1 Å². The molecule has 0 radical (unpaired) electrons. The molecule has 0 saturated carbocycles. The van der Waals surface area contributed by atoms with Crippen molar-refractivity contribution in [2.75, 3.05) is 20.1 Å². The predicted molar refractivity (Wildman–Crippen MR) is 91.9 cm³/mol. The summed E-state index contributed by atoms with van der Waals surface area (Å²) in [6.07, 6.45) is 2.29. The molecular formula is C15H31N5O4. The van der Waals surface area contributed by atoms with Gasteiger partial charge in [0.15, 0.2) is 0 Å². The summed E-state index contributed by atoms with van der Waals surface area (Å²) in [5.41, 5.74) is 5.23. The molecule has 0 fully saturated rings. The first-order valence-corrected chi connectivity index (χ1v) is 8.08. The van der Waals surface area contributed by atoms with Gasteiger partial charge >= 0.3 is 0 Å². The third kappa shape index (κ3) is 12.4. The van der Waals surface area contributed by atoms with E-state index in [1.807, 2.05) is 13.8 Å². The minimum Gasteiger partial charge on any atom is -0.368 e. The normalized spacial score (nSPS) is 12.0. The Morgan fingerprint density at radius 1 is 1.08 bits per heavy atom. The van der Waals surface area contributed by atoms with E-state index >= 15 is 0 Å². The Labute approximate surface area is 143 Å². The van der Waals surface area contributed by atoms with Gasteiger partial charge in [0.25, 0.3) is 0 Å². The van der Waals surface area contributed by atoms with Gasteiger partial charge in [-0.2, -0.15) is 0 Å². The van der Waals surface area contributed by atoms with Crippen LogP contribution in [0.3, 0.4) is 0 Å². The van der Waals surface area contributed by atoms with Crippen molar-refractivity contribution in [2.45, 2.75) is 52.1 Å². The molecule has 0 rings (SSSR count). The molecule has 140 valence electrons. The first-order chi connectivity index (χ1) is 11.4. The lowest BCUT2D eigenvalue weighted by molar-refractivity contribution is -0.131. The number of carbonyl (C=O) groups excluding carboxylic acids is 4. The Hall–Kier alpha value is -2.16. The molecule has 9 nitrogen and oxygen atoms in total. The summed E-state index contributed by atoms with van der Waals surface area (Å²) in [7, 11) is 1.56. The topological polar surface area (TPSA) is 142 Å². The summed E-state index contributed by atoms with van der Waals surface area (Å²) < 4.78 is 0. The highest BCUT2D eigenvalue weighted by Crippen LogP contribution is 1.98. The standard InChI is InChI=1S/C13H26N4O3.C2H5NO/c1-4-7-10(12(14)19)17-13(20)9(5-2)16-11(18)8-15-6-3;1-3-2-4/h9-10,15H,4-8H2,1-3H3,(H2,14,19)(H,16,18)(H,17,20);2H,1H3,(H,3,4). The van der Waals surface area contributed by atoms with Gasteiger partial charge in [-0.05, 0) is 19.4 Å². The molecule has 0 aliphatic carbocycles. The highest BCUT2D eigenvalue weighted by atomic mass is 16.2. The van der Waals surface area contributed by atoms with Crippen LogP contribution in [-0.2, 0) is 19.2 Å². The number of likely N-dealkylation sites (N-methyl/N-ethyl adjacent to an activating group) is 1. The molecular weight excluding hydrogens is 314 g/mol. The Bertz CT molecular complexity index is 390. The number of carbonyl (C=O) groups is 4. The van der Waals surface area contributed by atoms with Crippen molar-refractivity contribution in [1.82, 2.24) is 21.3 Å². The van der Waals surface area contributed by atoms with Gasteiger partial charge in [0.1, 0.15) is 12.1 Å². The maximum Gasteiger partial charge on any atom is 0.243 e. The maximum atomic E-state index is 12.0. The maximum absolute atomic E-state index is 12.0. The molecule has 6 N–H and O–H groups in total. The molecule has 0 aromatic heterocycles. The van der Waals surface area contributed by atoms with Gasteiger partial charge in [0.2, 0.25) is 24.1 Å². The van der Waals surface area contributed by atoms with Gasteiger partial charge in [-0.15, -0.1) is 0 Å². The lowest BCUT2D eigenvalue weighted by Gasteiger charge is -2.20. The molecule has 9 heteroatoms. The van der Waals surface area contributed by atoms with Crippen molar-refractivity contribution < 1.29 is 19.2 Å². The van der Waals surface area contributed by atoms with Gasteiger partial charge < -0.3 is 27.0 Å². The minimum absolute atomic E-state index is 0.161. The second-order valence-corrected chi connectivity index (χ2v) is 4.97. The van der Waals surface area contributed by atoms with Crippen LogP contribution < -0.4 is 27.0 Å². The van der Waals surface area contributed by atoms with Gasteiger partial charge in [-0.1, -0.05) is 27.2 Å². The summed E-state index contributed by atoms with van der Waals surface area (Å²) in [5.74, 6) is -1.19. The number of primary amides is 1. The zero-order valence-corrected chi connectivity index (χ0v) is 15.0. The second-order valence-electron chi connectivity index (χ2n) is 4.97. The molecule has 2 atom stereocenters. The lowest BCUT2D eigenvalue weighted by atomic mass is 10.1. The molecule has 4 amide bonds. The number of amides is 4. The van der Waals surface area contributed by atoms with Crippen molar-refractivity contribution in [2.24, 2.45) is 5.73 Å². The molecule has 0 aliphatic rings. The highest BCUT2D eigenvalue weighted by Gasteiger charge is 2.23. The number of nitrogens with one attached hydrogen (secondary N) is 4. The van der Waals surface area contributed by atoms with Gasteiger partial charge in [0, 0.05) is 7.05 Å². The van der Waals surface area contributed by atoms with E-state index in [0.29, 0.717) is 25.8 Å². The number of hydrogen-bond donors (Lipinski definition) is 5. The van der Waals surface area contributed by atoms with Crippen molar-refractivity contribution in [3.05, 3.63) is 0 Å². The summed E-state index contributed by atoms with van der Waals surface area (Å²) in [6, 6.07) is -1.34. The smallest absolute Gasteiger partial charge is 0.243 e. The Morgan fingerprint density at radius 2 is 1.67 bits per heavy atom. The van der Waals surface area contributed by atoms with Crippen molar-refractivity contribution in [3.63, 3.8) is 0 Å². The molecule has 2 unspecified atom stereocenters. The van der Waals surface area contributed by atoms with Crippen LogP contribution in [0.25, 0.3) is 0 Å². The van der Waals surface area contributed by atoms with E-state index in [2.05, 4.69) is 21.3 Å². The molecule has 0 saturated heterocycles. The fourth-order valence-electron chi connectivity index (χ4n) is 1.68. The van der Waals surface area contributed by atoms with Crippen LogP contribution in [0.5, 0.6) is 0 Å². The van der Waals surface area contributed by atoms with Gasteiger partial charge in [-0.25, -0.2) is 0 Å². The minimum atomic E-state index is -0.688. The number of hydrogen-bond acceptors (Lipinski definition) is 5. The third-order valence-corrected chi connectivity index (χ3v) is 2.95. The second kappa shape index (κ2) is 15.7. The van der Waals surface area contributed by atoms with Crippen molar-refractivity contribution in [3.8, 4) is 0 Å². The third-order valence-electron chi connectivity index (χ3n) is 2.95. The van der Waals surface area contributed by atoms with Crippen LogP contribution in [0.4, 0.5) is 0 Å². The molecule has 0 bridgehead atoms. The molecule has 0 aromatic rings. The average Bonchev–Trinajstić information content (AvgIpc) is 2.57. The van der Waals surface area contributed by atoms with E-state index in [0.717, 1.165) is 6.42 Å². The SMILES string of the molecule is CCCC(NC(=O)C(CC)NC(=O)CNCC)C(N)=O.CNC=O. The van der Waals surface area contributed by atoms with Crippen LogP contribution in [0.1, 0.15) is 40.0 Å². The fourth-order valence-corrected chi connectivity index (χ4v) is 1.68. The van der Waals surface area contributed by atoms with E-state index in [4.69, 9.17) is 10.5 Å². The quantitative estimate of drug-likeness (QED) is 0.293. The molecule has 0 aliphatic heterocycles. The largest absolute Gasteiger partial charge is 0.368 e. The van der Waals surface area contributed by atoms with Gasteiger partial charge in [-0.3, -0.25) is 19.2 Å². The zero-order chi connectivity index (χ0) is 19.0. The van der Waals surface area contributed by atoms with E-state index < -0.39 is 18.0 Å². The Kier molecular flexibility index (Phi) is 15.8. The average molecular weight is 345 g/mol. The van der Waals surface area contributed by atoms with Crippen LogP contribution >= 0.6 is 0 Å². The molecule has 0 aromatic carbocycles. The summed E-state index contributed by atoms with van der Waals surface area (Å²) in [5, 5.41) is 10.3. The number of rotatable bonds is 11. The summed E-state index contributed by atoms with van der Waals surface area (Å²) >= 11 is 0. The van der Waals surface area contributed by atoms with E-state index in [-0.39, 0.29) is 18.4 Å². The lowest BCUT2D eigenvalue weighted by Crippen LogP contribution is -2.53. The molecule has 0 heterocycles. The van der Waals surface area contributed by atoms with Crippen LogP contribution in [0.2, 0.25) is 0 Å². The summed E-state index contributed by atoms with van der Waals surface area (Å²) in [4.78, 5) is 43.9. The van der Waals surface area contributed by atoms with E-state index in [1.165, 1.54) is 0 Å². The molecule has 0 spiro atoms. The Balaban J connectivity index is 0. The van der Waals surface area contributed by atoms with E-state index in [9.17, 15) is 14.4 Å². The number of nitrogens with two attached hydrogens (primary N) is 1. The first kappa shape index (κ1) is 24.1. The van der Waals surface area contributed by atoms with Gasteiger partial charge in [0.05, 0.1) is 6.54 Å². The molecule has 24 heavy (non-hydrogen) atoms. The zero-order valence-electron chi connectivity index (χ0n) is 15.0. The Morgan fingerprint density at radius 3 is 2.04 bits per heavy atom. The van der Waals surface area contributed by atoms with Crippen LogP contribution in [-0.4, -0.2) is 56.4 Å². The highest BCUT2D eigenvalue weighted by molar-refractivity contribution is 5.91. The predicted octanol–water partition coefficient (Wildman–Crippen LogP) is -1.38. The fraction of sp³-hybridized carbons (Fsp3) is 0.733. The van der Waals surface area contributed by atoms with Crippen LogP contribution in [0, 0.1) is 0 Å².